The third kappa shape index (κ3) is 7.76. The van der Waals surface area contributed by atoms with Gasteiger partial charge in [-0.1, -0.05) is 55.3 Å². The molecule has 2 amide bonds. The number of carbonyl (C=O) groups excluding carboxylic acids is 2. The quantitative estimate of drug-likeness (QED) is 0.279. The lowest BCUT2D eigenvalue weighted by Gasteiger charge is -2.32. The van der Waals surface area contributed by atoms with Gasteiger partial charge in [-0.15, -0.1) is 0 Å². The molecule has 3 aromatic rings. The molecule has 0 aliphatic heterocycles. The smallest absolute Gasteiger partial charge is 0.264 e. The van der Waals surface area contributed by atoms with Crippen molar-refractivity contribution in [1.82, 2.24) is 10.2 Å². The van der Waals surface area contributed by atoms with E-state index in [-0.39, 0.29) is 17.3 Å². The highest BCUT2D eigenvalue weighted by Gasteiger charge is 2.33. The van der Waals surface area contributed by atoms with Gasteiger partial charge in [0.2, 0.25) is 11.8 Å². The van der Waals surface area contributed by atoms with Crippen LogP contribution in [0.3, 0.4) is 0 Å². The van der Waals surface area contributed by atoms with Gasteiger partial charge < -0.3 is 15.0 Å². The average molecular weight is 586 g/mol. The second kappa shape index (κ2) is 14.2. The van der Waals surface area contributed by atoms with E-state index in [1.807, 2.05) is 13.0 Å². The van der Waals surface area contributed by atoms with E-state index in [0.717, 1.165) is 22.7 Å². The molecule has 8 nitrogen and oxygen atoms in total. The van der Waals surface area contributed by atoms with Crippen LogP contribution in [0.15, 0.2) is 77.7 Å². The van der Waals surface area contributed by atoms with Crippen LogP contribution in [0, 0.1) is 6.92 Å². The van der Waals surface area contributed by atoms with Crippen molar-refractivity contribution in [3.05, 3.63) is 88.9 Å². The number of halogens is 1. The Bertz CT molecular complexity index is 1410. The fraction of sp³-hybridized carbons (Fsp3) is 0.333. The molecule has 3 rings (SSSR count). The van der Waals surface area contributed by atoms with E-state index in [0.29, 0.717) is 28.6 Å². The predicted octanol–water partition coefficient (Wildman–Crippen LogP) is 5.19. The summed E-state index contributed by atoms with van der Waals surface area (Å²) in [6.45, 7) is 5.51. The average Bonchev–Trinajstić information content (AvgIpc) is 2.95. The highest BCUT2D eigenvalue weighted by atomic mass is 35.5. The zero-order valence-corrected chi connectivity index (χ0v) is 24.8. The summed E-state index contributed by atoms with van der Waals surface area (Å²) in [7, 11) is -2.61. The minimum atomic E-state index is -4.16. The molecule has 10 heteroatoms. The fourth-order valence-electron chi connectivity index (χ4n) is 4.18. The summed E-state index contributed by atoms with van der Waals surface area (Å²) >= 11 is 6.00. The Balaban J connectivity index is 2.02. The van der Waals surface area contributed by atoms with E-state index in [4.69, 9.17) is 16.3 Å². The third-order valence-corrected chi connectivity index (χ3v) is 8.57. The van der Waals surface area contributed by atoms with Gasteiger partial charge in [0.15, 0.2) is 0 Å². The SMILES string of the molecule is CCCCNC(=O)[C@H](C)N(Cc1cccc(OC)c1)C(=O)CN(c1ccccc1C)S(=O)(=O)c1ccc(Cl)cc1. The summed E-state index contributed by atoms with van der Waals surface area (Å²) in [4.78, 5) is 28.5. The standard InChI is InChI=1S/C30H36ClN3O5S/c1-5-6-18-32-30(36)23(3)33(20-24-11-9-12-26(19-24)39-4)29(35)21-34(28-13-8-7-10-22(28)2)40(37,38)27-16-14-25(31)15-17-27/h7-17,19,23H,5-6,18,20-21H2,1-4H3,(H,32,36)/t23-/m0/s1. The predicted molar refractivity (Wildman–Crippen MR) is 158 cm³/mol. The second-order valence-electron chi connectivity index (χ2n) is 9.45. The highest BCUT2D eigenvalue weighted by molar-refractivity contribution is 7.92. The first-order valence-electron chi connectivity index (χ1n) is 13.1. The summed E-state index contributed by atoms with van der Waals surface area (Å²) in [6, 6.07) is 19.1. The number of sulfonamides is 1. The van der Waals surface area contributed by atoms with Crippen molar-refractivity contribution in [3.63, 3.8) is 0 Å². The first kappa shape index (κ1) is 31.0. The van der Waals surface area contributed by atoms with Gasteiger partial charge in [-0.25, -0.2) is 8.42 Å². The van der Waals surface area contributed by atoms with Crippen LogP contribution in [0.4, 0.5) is 5.69 Å². The number of anilines is 1. The molecule has 40 heavy (non-hydrogen) atoms. The number of methoxy groups -OCH3 is 1. The van der Waals surface area contributed by atoms with Crippen LogP contribution in [-0.2, 0) is 26.2 Å². The lowest BCUT2D eigenvalue weighted by Crippen LogP contribution is -2.51. The van der Waals surface area contributed by atoms with Gasteiger partial charge >= 0.3 is 0 Å². The summed E-state index contributed by atoms with van der Waals surface area (Å²) in [5.41, 5.74) is 1.79. The van der Waals surface area contributed by atoms with Crippen LogP contribution >= 0.6 is 11.6 Å². The van der Waals surface area contributed by atoms with Crippen LogP contribution < -0.4 is 14.4 Å². The highest BCUT2D eigenvalue weighted by Crippen LogP contribution is 2.28. The number of nitrogens with zero attached hydrogens (tertiary/aromatic N) is 2. The van der Waals surface area contributed by atoms with Crippen molar-refractivity contribution in [3.8, 4) is 5.75 Å². The minimum absolute atomic E-state index is 0.00217. The number of aryl methyl sites for hydroxylation is 1. The Kier molecular flexibility index (Phi) is 11.0. The normalized spacial score (nSPS) is 11.9. The monoisotopic (exact) mass is 585 g/mol. The molecule has 1 N–H and O–H groups in total. The Morgan fingerprint density at radius 2 is 1.73 bits per heavy atom. The van der Waals surface area contributed by atoms with Crippen molar-refractivity contribution in [2.24, 2.45) is 0 Å². The van der Waals surface area contributed by atoms with Gasteiger partial charge in [-0.05, 0) is 73.9 Å². The summed E-state index contributed by atoms with van der Waals surface area (Å²) < 4.78 is 34.2. The van der Waals surface area contributed by atoms with Gasteiger partial charge in [-0.3, -0.25) is 13.9 Å². The number of amides is 2. The van der Waals surface area contributed by atoms with E-state index < -0.39 is 28.5 Å². The Labute approximate surface area is 241 Å². The molecule has 0 fully saturated rings. The maximum atomic E-state index is 14.0. The number of ether oxygens (including phenoxy) is 1. The van der Waals surface area contributed by atoms with Gasteiger partial charge in [0.1, 0.15) is 18.3 Å². The van der Waals surface area contributed by atoms with E-state index >= 15 is 0 Å². The van der Waals surface area contributed by atoms with Crippen molar-refractivity contribution in [2.75, 3.05) is 24.5 Å². The molecule has 0 aliphatic carbocycles. The molecule has 0 saturated carbocycles. The maximum Gasteiger partial charge on any atom is 0.264 e. The lowest BCUT2D eigenvalue weighted by molar-refractivity contribution is -0.139. The van der Waals surface area contributed by atoms with Crippen molar-refractivity contribution < 1.29 is 22.7 Å². The number of unbranched alkanes of at least 4 members (excludes halogenated alkanes) is 1. The number of rotatable bonds is 13. The van der Waals surface area contributed by atoms with Crippen molar-refractivity contribution >= 4 is 39.1 Å². The van der Waals surface area contributed by atoms with Crippen LogP contribution in [0.1, 0.15) is 37.8 Å². The van der Waals surface area contributed by atoms with E-state index in [2.05, 4.69) is 5.32 Å². The molecule has 0 unspecified atom stereocenters. The second-order valence-corrected chi connectivity index (χ2v) is 11.7. The number of nitrogens with one attached hydrogen (secondary N) is 1. The van der Waals surface area contributed by atoms with Crippen LogP contribution in [0.25, 0.3) is 0 Å². The van der Waals surface area contributed by atoms with Crippen molar-refractivity contribution in [1.29, 1.82) is 0 Å². The third-order valence-electron chi connectivity index (χ3n) is 6.55. The number of benzene rings is 3. The Hall–Kier alpha value is -3.56. The lowest BCUT2D eigenvalue weighted by atomic mass is 10.1. The molecule has 0 spiro atoms. The van der Waals surface area contributed by atoms with E-state index in [1.54, 1.807) is 63.4 Å². The number of carbonyl (C=O) groups is 2. The van der Waals surface area contributed by atoms with Gasteiger partial charge in [-0.2, -0.15) is 0 Å². The topological polar surface area (TPSA) is 96.0 Å². The molecule has 214 valence electrons. The molecule has 0 saturated heterocycles. The van der Waals surface area contributed by atoms with Gasteiger partial charge in [0, 0.05) is 18.1 Å². The molecular formula is C30H36ClN3O5S. The van der Waals surface area contributed by atoms with Gasteiger partial charge in [0.25, 0.3) is 10.0 Å². The summed E-state index contributed by atoms with van der Waals surface area (Å²) in [5, 5.41) is 3.27. The minimum Gasteiger partial charge on any atom is -0.497 e. The molecular weight excluding hydrogens is 550 g/mol. The largest absolute Gasteiger partial charge is 0.497 e. The Morgan fingerprint density at radius 3 is 2.38 bits per heavy atom. The molecule has 3 aromatic carbocycles. The molecule has 0 aromatic heterocycles. The zero-order valence-electron chi connectivity index (χ0n) is 23.3. The Morgan fingerprint density at radius 1 is 1.02 bits per heavy atom. The van der Waals surface area contributed by atoms with E-state index in [9.17, 15) is 18.0 Å². The first-order chi connectivity index (χ1) is 19.1. The molecule has 0 heterocycles. The van der Waals surface area contributed by atoms with Crippen LogP contribution in [-0.4, -0.2) is 51.4 Å². The molecule has 0 aliphatic rings. The zero-order chi connectivity index (χ0) is 29.3. The number of hydrogen-bond donors (Lipinski definition) is 1. The summed E-state index contributed by atoms with van der Waals surface area (Å²) in [5.74, 6) is -0.230. The first-order valence-corrected chi connectivity index (χ1v) is 14.9. The maximum absolute atomic E-state index is 14.0. The molecule has 0 bridgehead atoms. The van der Waals surface area contributed by atoms with Crippen molar-refractivity contribution in [2.45, 2.75) is 51.1 Å². The molecule has 0 radical (unpaired) electrons. The van der Waals surface area contributed by atoms with Gasteiger partial charge in [0.05, 0.1) is 17.7 Å². The fourth-order valence-corrected chi connectivity index (χ4v) is 5.78. The van der Waals surface area contributed by atoms with E-state index in [1.165, 1.54) is 29.2 Å². The summed E-state index contributed by atoms with van der Waals surface area (Å²) in [6.07, 6.45) is 1.72. The van der Waals surface area contributed by atoms with Crippen LogP contribution in [0.5, 0.6) is 5.75 Å². The number of para-hydroxylation sites is 1. The number of hydrogen-bond acceptors (Lipinski definition) is 5. The van der Waals surface area contributed by atoms with Crippen LogP contribution in [0.2, 0.25) is 5.02 Å². The molecule has 1 atom stereocenters.